The monoisotopic (exact) mass is 277 g/mol. The van der Waals surface area contributed by atoms with Crippen LogP contribution in [0.5, 0.6) is 5.75 Å². The Kier molecular flexibility index (Phi) is 4.62. The van der Waals surface area contributed by atoms with Gasteiger partial charge in [-0.25, -0.2) is 10.8 Å². The first-order valence-electron chi connectivity index (χ1n) is 5.84. The van der Waals surface area contributed by atoms with E-state index < -0.39 is 6.61 Å². The minimum absolute atomic E-state index is 0.0495. The number of para-hydroxylation sites is 1. The molecule has 2 rings (SSSR count). The summed E-state index contributed by atoms with van der Waals surface area (Å²) in [6, 6.07) is 15.3. The van der Waals surface area contributed by atoms with Crippen molar-refractivity contribution in [1.82, 2.24) is 5.43 Å². The van der Waals surface area contributed by atoms with E-state index >= 15 is 0 Å². The molecule has 0 spiro atoms. The standard InChI is InChI=1S/C14H13F2N3O/c15-14(16)20-12-8-4-5-10(9-12)13(19-17)18-11-6-2-1-3-7-11/h1-9,14H,17H2,(H,18,19). The van der Waals surface area contributed by atoms with Crippen LogP contribution in [-0.2, 0) is 0 Å². The van der Waals surface area contributed by atoms with E-state index in [1.165, 1.54) is 12.1 Å². The Labute approximate surface area is 114 Å². The Balaban J connectivity index is 2.30. The summed E-state index contributed by atoms with van der Waals surface area (Å²) in [6.07, 6.45) is 0. The van der Waals surface area contributed by atoms with Crippen molar-refractivity contribution in [1.29, 1.82) is 0 Å². The highest BCUT2D eigenvalue weighted by molar-refractivity contribution is 6.00. The molecule has 104 valence electrons. The number of hydrogen-bond acceptors (Lipinski definition) is 3. The normalized spacial score (nSPS) is 11.5. The molecule has 0 unspecified atom stereocenters. The van der Waals surface area contributed by atoms with Crippen LogP contribution in [0, 0.1) is 0 Å². The second-order valence-corrected chi connectivity index (χ2v) is 3.85. The SMILES string of the molecule is NNC(=Nc1ccccc1)c1cccc(OC(F)F)c1. The molecule has 0 amide bonds. The molecule has 0 aromatic heterocycles. The van der Waals surface area contributed by atoms with Gasteiger partial charge in [-0.05, 0) is 24.3 Å². The average molecular weight is 277 g/mol. The van der Waals surface area contributed by atoms with Crippen LogP contribution >= 0.6 is 0 Å². The van der Waals surface area contributed by atoms with Crippen LogP contribution < -0.4 is 16.0 Å². The molecular weight excluding hydrogens is 264 g/mol. The van der Waals surface area contributed by atoms with Crippen molar-refractivity contribution in [2.75, 3.05) is 0 Å². The van der Waals surface area contributed by atoms with Crippen LogP contribution in [0.1, 0.15) is 5.56 Å². The van der Waals surface area contributed by atoms with Crippen molar-refractivity contribution in [3.8, 4) is 5.75 Å². The molecule has 4 nitrogen and oxygen atoms in total. The van der Waals surface area contributed by atoms with Gasteiger partial charge in [-0.15, -0.1) is 0 Å². The largest absolute Gasteiger partial charge is 0.435 e. The van der Waals surface area contributed by atoms with Crippen LogP contribution in [0.25, 0.3) is 0 Å². The first kappa shape index (κ1) is 14.0. The Morgan fingerprint density at radius 1 is 1.10 bits per heavy atom. The lowest BCUT2D eigenvalue weighted by Gasteiger charge is -2.09. The first-order valence-corrected chi connectivity index (χ1v) is 5.84. The summed E-state index contributed by atoms with van der Waals surface area (Å²) in [6.45, 7) is -2.87. The molecule has 0 saturated carbocycles. The summed E-state index contributed by atoms with van der Waals surface area (Å²) in [5, 5.41) is 0. The second kappa shape index (κ2) is 6.63. The molecule has 0 atom stereocenters. The van der Waals surface area contributed by atoms with Crippen LogP contribution in [-0.4, -0.2) is 12.4 Å². The van der Waals surface area contributed by atoms with E-state index in [1.54, 1.807) is 24.3 Å². The third-order valence-electron chi connectivity index (χ3n) is 2.47. The highest BCUT2D eigenvalue weighted by atomic mass is 19.3. The Hall–Kier alpha value is -2.47. The Morgan fingerprint density at radius 2 is 1.85 bits per heavy atom. The molecule has 0 fully saturated rings. The van der Waals surface area contributed by atoms with Crippen LogP contribution in [0.3, 0.4) is 0 Å². The number of nitrogens with one attached hydrogen (secondary N) is 1. The molecule has 2 aromatic rings. The maximum Gasteiger partial charge on any atom is 0.387 e. The zero-order chi connectivity index (χ0) is 14.4. The maximum atomic E-state index is 12.2. The van der Waals surface area contributed by atoms with Gasteiger partial charge >= 0.3 is 6.61 Å². The van der Waals surface area contributed by atoms with Gasteiger partial charge in [0, 0.05) is 5.56 Å². The summed E-state index contributed by atoms with van der Waals surface area (Å²) >= 11 is 0. The van der Waals surface area contributed by atoms with E-state index in [2.05, 4.69) is 15.2 Å². The van der Waals surface area contributed by atoms with E-state index in [4.69, 9.17) is 5.84 Å². The number of amidine groups is 1. The minimum atomic E-state index is -2.87. The fourth-order valence-electron chi connectivity index (χ4n) is 1.63. The summed E-state index contributed by atoms with van der Waals surface area (Å²) in [5.74, 6) is 5.84. The van der Waals surface area contributed by atoms with E-state index in [0.717, 1.165) is 0 Å². The van der Waals surface area contributed by atoms with Gasteiger partial charge in [-0.3, -0.25) is 0 Å². The molecule has 0 aliphatic rings. The topological polar surface area (TPSA) is 59.6 Å². The summed E-state index contributed by atoms with van der Waals surface area (Å²) < 4.78 is 28.7. The molecular formula is C14H13F2N3O. The van der Waals surface area contributed by atoms with Gasteiger partial charge in [0.2, 0.25) is 0 Å². The second-order valence-electron chi connectivity index (χ2n) is 3.85. The van der Waals surface area contributed by atoms with E-state index in [1.807, 2.05) is 18.2 Å². The van der Waals surface area contributed by atoms with Gasteiger partial charge in [0.25, 0.3) is 0 Å². The molecule has 0 saturated heterocycles. The van der Waals surface area contributed by atoms with Crippen molar-refractivity contribution >= 4 is 11.5 Å². The number of halogens is 2. The van der Waals surface area contributed by atoms with Gasteiger partial charge in [0.15, 0.2) is 0 Å². The molecule has 6 heteroatoms. The van der Waals surface area contributed by atoms with Crippen molar-refractivity contribution in [3.63, 3.8) is 0 Å². The number of nitrogens with two attached hydrogens (primary N) is 1. The van der Waals surface area contributed by atoms with Gasteiger partial charge in [0.1, 0.15) is 11.6 Å². The number of rotatable bonds is 4. The molecule has 0 radical (unpaired) electrons. The van der Waals surface area contributed by atoms with Crippen LogP contribution in [0.4, 0.5) is 14.5 Å². The number of ether oxygens (including phenoxy) is 1. The molecule has 0 aliphatic heterocycles. The fraction of sp³-hybridized carbons (Fsp3) is 0.0714. The van der Waals surface area contributed by atoms with Gasteiger partial charge < -0.3 is 10.2 Å². The zero-order valence-electron chi connectivity index (χ0n) is 10.5. The zero-order valence-corrected chi connectivity index (χ0v) is 10.5. The number of hydrogen-bond donors (Lipinski definition) is 2. The van der Waals surface area contributed by atoms with Gasteiger partial charge in [0.05, 0.1) is 5.69 Å². The minimum Gasteiger partial charge on any atom is -0.435 e. The predicted octanol–water partition coefficient (Wildman–Crippen LogP) is 2.83. The number of alkyl halides is 2. The Bertz CT molecular complexity index is 588. The molecule has 0 bridgehead atoms. The van der Waals surface area contributed by atoms with Crippen molar-refractivity contribution in [2.45, 2.75) is 6.61 Å². The van der Waals surface area contributed by atoms with Crippen molar-refractivity contribution in [2.24, 2.45) is 10.8 Å². The molecule has 2 aromatic carbocycles. The third-order valence-corrected chi connectivity index (χ3v) is 2.47. The first-order chi connectivity index (χ1) is 9.69. The van der Waals surface area contributed by atoms with Gasteiger partial charge in [-0.1, -0.05) is 30.3 Å². The summed E-state index contributed by atoms with van der Waals surface area (Å²) in [7, 11) is 0. The van der Waals surface area contributed by atoms with E-state index in [9.17, 15) is 8.78 Å². The van der Waals surface area contributed by atoms with Crippen LogP contribution in [0.15, 0.2) is 59.6 Å². The van der Waals surface area contributed by atoms with Crippen LogP contribution in [0.2, 0.25) is 0 Å². The molecule has 3 N–H and O–H groups in total. The maximum absolute atomic E-state index is 12.2. The number of aliphatic imine (C=N–C) groups is 1. The molecule has 0 aliphatic carbocycles. The molecule has 0 heterocycles. The fourth-order valence-corrected chi connectivity index (χ4v) is 1.63. The quantitative estimate of drug-likeness (QED) is 0.391. The number of nitrogens with zero attached hydrogens (tertiary/aromatic N) is 1. The summed E-state index contributed by atoms with van der Waals surface area (Å²) in [5.41, 5.74) is 3.70. The highest BCUT2D eigenvalue weighted by Crippen LogP contribution is 2.18. The van der Waals surface area contributed by atoms with E-state index in [-0.39, 0.29) is 5.75 Å². The lowest BCUT2D eigenvalue weighted by atomic mass is 10.2. The van der Waals surface area contributed by atoms with Crippen molar-refractivity contribution < 1.29 is 13.5 Å². The summed E-state index contributed by atoms with van der Waals surface area (Å²) in [4.78, 5) is 4.31. The number of benzene rings is 2. The predicted molar refractivity (Wildman–Crippen MR) is 73.0 cm³/mol. The van der Waals surface area contributed by atoms with E-state index in [0.29, 0.717) is 17.1 Å². The smallest absolute Gasteiger partial charge is 0.387 e. The highest BCUT2D eigenvalue weighted by Gasteiger charge is 2.07. The molecule has 20 heavy (non-hydrogen) atoms. The van der Waals surface area contributed by atoms with Gasteiger partial charge in [-0.2, -0.15) is 8.78 Å². The number of hydrazine groups is 1. The van der Waals surface area contributed by atoms with Crippen molar-refractivity contribution in [3.05, 3.63) is 60.2 Å². The third kappa shape index (κ3) is 3.76. The lowest BCUT2D eigenvalue weighted by Crippen LogP contribution is -2.30. The average Bonchev–Trinajstić information content (AvgIpc) is 2.45. The Morgan fingerprint density at radius 3 is 2.50 bits per heavy atom. The lowest BCUT2D eigenvalue weighted by molar-refractivity contribution is -0.0498.